The van der Waals surface area contributed by atoms with E-state index in [1.165, 1.54) is 12.1 Å². The first kappa shape index (κ1) is 14.5. The fourth-order valence-corrected chi connectivity index (χ4v) is 2.16. The molecule has 2 amide bonds. The first-order chi connectivity index (χ1) is 9.61. The van der Waals surface area contributed by atoms with Gasteiger partial charge < -0.3 is 15.0 Å². The van der Waals surface area contributed by atoms with Gasteiger partial charge >= 0.3 is 0 Å². The van der Waals surface area contributed by atoms with E-state index in [-0.39, 0.29) is 23.9 Å². The Bertz CT molecular complexity index is 507. The molecule has 1 heterocycles. The number of hydrogen-bond donors (Lipinski definition) is 1. The van der Waals surface area contributed by atoms with E-state index in [4.69, 9.17) is 4.74 Å². The number of ether oxygens (including phenoxy) is 1. The maximum atomic E-state index is 13.4. The molecule has 1 aromatic rings. The molecule has 5 nitrogen and oxygen atoms in total. The Hall–Kier alpha value is -1.95. The molecule has 6 heteroatoms. The van der Waals surface area contributed by atoms with Crippen LogP contribution >= 0.6 is 0 Å². The highest BCUT2D eigenvalue weighted by molar-refractivity contribution is 5.97. The summed E-state index contributed by atoms with van der Waals surface area (Å²) < 4.78 is 18.4. The van der Waals surface area contributed by atoms with E-state index in [1.54, 1.807) is 24.1 Å². The minimum Gasteiger partial charge on any atom is -0.383 e. The summed E-state index contributed by atoms with van der Waals surface area (Å²) in [4.78, 5) is 25.4. The summed E-state index contributed by atoms with van der Waals surface area (Å²) in [6, 6.07) is 5.97. The molecule has 1 fully saturated rings. The number of nitrogens with one attached hydrogen (secondary N) is 1. The Morgan fingerprint density at radius 2 is 2.25 bits per heavy atom. The number of hydrogen-bond acceptors (Lipinski definition) is 3. The van der Waals surface area contributed by atoms with Gasteiger partial charge in [0.2, 0.25) is 11.8 Å². The molecule has 1 atom stereocenters. The molecular formula is C14H17FN2O3. The third-order valence-electron chi connectivity index (χ3n) is 3.28. The van der Waals surface area contributed by atoms with Gasteiger partial charge in [-0.1, -0.05) is 12.1 Å². The minimum atomic E-state index is -0.485. The number of benzene rings is 1. The van der Waals surface area contributed by atoms with E-state index < -0.39 is 11.7 Å². The highest BCUT2D eigenvalue weighted by atomic mass is 19.1. The molecule has 0 bridgehead atoms. The highest BCUT2D eigenvalue weighted by Gasteiger charge is 2.34. The first-order valence-electron chi connectivity index (χ1n) is 6.44. The quantitative estimate of drug-likeness (QED) is 0.883. The predicted molar refractivity (Wildman–Crippen MR) is 71.6 cm³/mol. The van der Waals surface area contributed by atoms with Crippen LogP contribution in [-0.2, 0) is 14.3 Å². The highest BCUT2D eigenvalue weighted by Crippen LogP contribution is 2.20. The van der Waals surface area contributed by atoms with Crippen LogP contribution < -0.4 is 5.32 Å². The Balaban J connectivity index is 1.94. The third-order valence-corrected chi connectivity index (χ3v) is 3.28. The lowest BCUT2D eigenvalue weighted by molar-refractivity contribution is -0.128. The topological polar surface area (TPSA) is 58.6 Å². The van der Waals surface area contributed by atoms with Crippen LogP contribution in [0, 0.1) is 11.7 Å². The van der Waals surface area contributed by atoms with Gasteiger partial charge in [-0.15, -0.1) is 0 Å². The molecule has 108 valence electrons. The molecule has 0 aliphatic carbocycles. The zero-order chi connectivity index (χ0) is 14.5. The Labute approximate surface area is 116 Å². The molecule has 1 aliphatic rings. The third kappa shape index (κ3) is 3.33. The van der Waals surface area contributed by atoms with Crippen molar-refractivity contribution < 1.29 is 18.7 Å². The van der Waals surface area contributed by atoms with Gasteiger partial charge in [0.15, 0.2) is 0 Å². The monoisotopic (exact) mass is 280 g/mol. The standard InChI is InChI=1S/C14H17FN2O3/c1-20-7-6-17-9-10(8-13(17)18)14(19)16-12-5-3-2-4-11(12)15/h2-5,10H,6-9H2,1H3,(H,16,19). The second-order valence-corrected chi connectivity index (χ2v) is 4.70. The van der Waals surface area contributed by atoms with Crippen LogP contribution in [0.3, 0.4) is 0 Å². The van der Waals surface area contributed by atoms with E-state index in [1.807, 2.05) is 0 Å². The molecule has 0 aromatic heterocycles. The Kier molecular flexibility index (Phi) is 4.68. The number of likely N-dealkylation sites (tertiary alicyclic amines) is 1. The van der Waals surface area contributed by atoms with Crippen LogP contribution in [-0.4, -0.2) is 43.5 Å². The van der Waals surface area contributed by atoms with Crippen molar-refractivity contribution in [1.82, 2.24) is 4.90 Å². The summed E-state index contributed by atoms with van der Waals surface area (Å²) in [5.41, 5.74) is 0.139. The van der Waals surface area contributed by atoms with Crippen molar-refractivity contribution in [3.05, 3.63) is 30.1 Å². The molecule has 0 saturated carbocycles. The van der Waals surface area contributed by atoms with Crippen molar-refractivity contribution >= 4 is 17.5 Å². The maximum Gasteiger partial charge on any atom is 0.229 e. The zero-order valence-electron chi connectivity index (χ0n) is 11.3. The number of methoxy groups -OCH3 is 1. The lowest BCUT2D eigenvalue weighted by atomic mass is 10.1. The second-order valence-electron chi connectivity index (χ2n) is 4.70. The normalized spacial score (nSPS) is 18.4. The van der Waals surface area contributed by atoms with Crippen molar-refractivity contribution in [3.63, 3.8) is 0 Å². The van der Waals surface area contributed by atoms with Gasteiger partial charge in [-0.25, -0.2) is 4.39 Å². The summed E-state index contributed by atoms with van der Waals surface area (Å²) in [6.45, 7) is 1.26. The second kappa shape index (κ2) is 6.47. The summed E-state index contributed by atoms with van der Waals surface area (Å²) in [5, 5.41) is 2.53. The van der Waals surface area contributed by atoms with Gasteiger partial charge in [0.25, 0.3) is 0 Å². The number of carbonyl (C=O) groups is 2. The Morgan fingerprint density at radius 1 is 1.50 bits per heavy atom. The Morgan fingerprint density at radius 3 is 2.95 bits per heavy atom. The molecule has 0 radical (unpaired) electrons. The molecule has 2 rings (SSSR count). The van der Waals surface area contributed by atoms with Crippen molar-refractivity contribution in [2.24, 2.45) is 5.92 Å². The minimum absolute atomic E-state index is 0.0734. The number of carbonyl (C=O) groups excluding carboxylic acids is 2. The number of anilines is 1. The van der Waals surface area contributed by atoms with Gasteiger partial charge in [0.1, 0.15) is 5.82 Å². The van der Waals surface area contributed by atoms with Gasteiger partial charge in [-0.2, -0.15) is 0 Å². The van der Waals surface area contributed by atoms with E-state index >= 15 is 0 Å². The fourth-order valence-electron chi connectivity index (χ4n) is 2.16. The number of nitrogens with zero attached hydrogens (tertiary/aromatic N) is 1. The molecule has 1 aromatic carbocycles. The van der Waals surface area contributed by atoms with Gasteiger partial charge in [0.05, 0.1) is 18.2 Å². The van der Waals surface area contributed by atoms with Crippen LogP contribution in [0.4, 0.5) is 10.1 Å². The molecule has 1 unspecified atom stereocenters. The summed E-state index contributed by atoms with van der Waals surface area (Å²) in [5.74, 6) is -1.33. The molecule has 1 N–H and O–H groups in total. The molecule has 20 heavy (non-hydrogen) atoms. The average molecular weight is 280 g/mol. The lowest BCUT2D eigenvalue weighted by Crippen LogP contribution is -2.30. The van der Waals surface area contributed by atoms with Crippen LogP contribution in [0.5, 0.6) is 0 Å². The van der Waals surface area contributed by atoms with Crippen LogP contribution in [0.2, 0.25) is 0 Å². The van der Waals surface area contributed by atoms with Gasteiger partial charge in [-0.05, 0) is 12.1 Å². The van der Waals surface area contributed by atoms with Gasteiger partial charge in [-0.3, -0.25) is 9.59 Å². The van der Waals surface area contributed by atoms with Crippen molar-refractivity contribution in [2.75, 3.05) is 32.1 Å². The summed E-state index contributed by atoms with van der Waals surface area (Å²) in [7, 11) is 1.56. The van der Waals surface area contributed by atoms with Crippen molar-refractivity contribution in [1.29, 1.82) is 0 Å². The van der Waals surface area contributed by atoms with E-state index in [0.29, 0.717) is 19.7 Å². The number of rotatable bonds is 5. The van der Waals surface area contributed by atoms with Crippen LogP contribution in [0.1, 0.15) is 6.42 Å². The first-order valence-corrected chi connectivity index (χ1v) is 6.44. The summed E-state index contributed by atoms with van der Waals surface area (Å²) in [6.07, 6.45) is 0.157. The molecule has 1 saturated heterocycles. The molecular weight excluding hydrogens is 263 g/mol. The van der Waals surface area contributed by atoms with Crippen molar-refractivity contribution in [2.45, 2.75) is 6.42 Å². The summed E-state index contributed by atoms with van der Waals surface area (Å²) >= 11 is 0. The van der Waals surface area contributed by atoms with Crippen LogP contribution in [0.25, 0.3) is 0 Å². The number of para-hydroxylation sites is 1. The van der Waals surface area contributed by atoms with E-state index in [9.17, 15) is 14.0 Å². The zero-order valence-corrected chi connectivity index (χ0v) is 11.3. The van der Waals surface area contributed by atoms with Crippen LogP contribution in [0.15, 0.2) is 24.3 Å². The smallest absolute Gasteiger partial charge is 0.229 e. The molecule has 0 spiro atoms. The molecule has 1 aliphatic heterocycles. The lowest BCUT2D eigenvalue weighted by Gasteiger charge is -2.15. The SMILES string of the molecule is COCCN1CC(C(=O)Nc2ccccc2F)CC1=O. The van der Waals surface area contributed by atoms with Gasteiger partial charge in [0, 0.05) is 26.6 Å². The van der Waals surface area contributed by atoms with Crippen molar-refractivity contribution in [3.8, 4) is 0 Å². The number of halogens is 1. The average Bonchev–Trinajstić information content (AvgIpc) is 2.80. The maximum absolute atomic E-state index is 13.4. The fraction of sp³-hybridized carbons (Fsp3) is 0.429. The number of amides is 2. The predicted octanol–water partition coefficient (Wildman–Crippen LogP) is 1.26. The van der Waals surface area contributed by atoms with E-state index in [0.717, 1.165) is 0 Å². The largest absolute Gasteiger partial charge is 0.383 e. The van der Waals surface area contributed by atoms with E-state index in [2.05, 4.69) is 5.32 Å².